The Labute approximate surface area is 204 Å². The first-order valence-corrected chi connectivity index (χ1v) is 12.6. The van der Waals surface area contributed by atoms with E-state index >= 15 is 0 Å². The molecule has 4 saturated carbocycles. The lowest BCUT2D eigenvalue weighted by Crippen LogP contribution is -2.46. The minimum atomic E-state index is -1.03. The van der Waals surface area contributed by atoms with Crippen LogP contribution in [0.4, 0.5) is 5.69 Å². The maximum Gasteiger partial charge on any atom is 0.335 e. The van der Waals surface area contributed by atoms with Crippen molar-refractivity contribution in [3.63, 3.8) is 0 Å². The van der Waals surface area contributed by atoms with E-state index in [2.05, 4.69) is 20.3 Å². The fourth-order valence-corrected chi connectivity index (χ4v) is 7.31. The Balaban J connectivity index is 1.27. The van der Waals surface area contributed by atoms with E-state index in [1.165, 1.54) is 50.7 Å². The number of nitrogens with zero attached hydrogens (tertiary/aromatic N) is 2. The Morgan fingerprint density at radius 2 is 1.77 bits per heavy atom. The monoisotopic (exact) mass is 470 g/mol. The third-order valence-corrected chi connectivity index (χ3v) is 8.34. The summed E-state index contributed by atoms with van der Waals surface area (Å²) < 4.78 is 0. The number of benzene rings is 1. The lowest BCUT2D eigenvalue weighted by Gasteiger charge is -2.57. The minimum Gasteiger partial charge on any atom is -0.478 e. The molecule has 35 heavy (non-hydrogen) atoms. The first kappa shape index (κ1) is 22.0. The number of hydrogen-bond acceptors (Lipinski definition) is 4. The molecule has 0 spiro atoms. The predicted octanol–water partition coefficient (Wildman–Crippen LogP) is 5.57. The molecule has 7 rings (SSSR count). The van der Waals surface area contributed by atoms with Gasteiger partial charge in [-0.1, -0.05) is 12.1 Å². The summed E-state index contributed by atoms with van der Waals surface area (Å²) in [5, 5.41) is 12.1. The highest BCUT2D eigenvalue weighted by Crippen LogP contribution is 2.61. The van der Waals surface area contributed by atoms with Crippen molar-refractivity contribution in [3.05, 3.63) is 65.6 Å². The normalized spacial score (nSPS) is 26.6. The first-order chi connectivity index (χ1) is 17.0. The number of carbonyl (C=O) groups excluding carboxylic acids is 1. The van der Waals surface area contributed by atoms with Crippen LogP contribution in [-0.2, 0) is 6.42 Å². The number of amides is 1. The van der Waals surface area contributed by atoms with Crippen LogP contribution >= 0.6 is 0 Å². The second-order valence-corrected chi connectivity index (χ2v) is 10.9. The quantitative estimate of drug-likeness (QED) is 0.418. The number of imidazole rings is 1. The van der Waals surface area contributed by atoms with Crippen molar-refractivity contribution in [2.45, 2.75) is 51.4 Å². The van der Waals surface area contributed by atoms with Crippen LogP contribution in [0.25, 0.3) is 11.5 Å². The van der Waals surface area contributed by atoms with E-state index in [1.807, 2.05) is 18.2 Å². The van der Waals surface area contributed by atoms with E-state index in [9.17, 15) is 14.7 Å². The van der Waals surface area contributed by atoms with Crippen LogP contribution in [0.1, 0.15) is 71.5 Å². The molecule has 0 saturated heterocycles. The topological polar surface area (TPSA) is 108 Å². The number of rotatable bonds is 7. The maximum absolute atomic E-state index is 13.3. The van der Waals surface area contributed by atoms with Crippen molar-refractivity contribution in [2.75, 3.05) is 5.32 Å². The maximum atomic E-state index is 13.3. The second-order valence-electron chi connectivity index (χ2n) is 10.9. The predicted molar refractivity (Wildman–Crippen MR) is 132 cm³/mol. The molecule has 1 amide bonds. The van der Waals surface area contributed by atoms with E-state index in [0.717, 1.165) is 36.3 Å². The van der Waals surface area contributed by atoms with Crippen LogP contribution in [0.2, 0.25) is 0 Å². The molecule has 7 nitrogen and oxygen atoms in total. The van der Waals surface area contributed by atoms with Gasteiger partial charge in [0, 0.05) is 17.6 Å². The molecule has 2 heterocycles. The van der Waals surface area contributed by atoms with Crippen molar-refractivity contribution < 1.29 is 14.7 Å². The molecule has 3 N–H and O–H groups in total. The number of aromatic nitrogens is 3. The summed E-state index contributed by atoms with van der Waals surface area (Å²) in [5.74, 6) is 1.86. The van der Waals surface area contributed by atoms with Gasteiger partial charge in [-0.15, -0.1) is 0 Å². The van der Waals surface area contributed by atoms with Crippen LogP contribution in [0.15, 0.2) is 48.7 Å². The Morgan fingerprint density at radius 1 is 1.03 bits per heavy atom. The molecule has 4 fully saturated rings. The lowest BCUT2D eigenvalue weighted by atomic mass is 9.48. The molecule has 3 aromatic rings. The molecule has 0 unspecified atom stereocenters. The third-order valence-electron chi connectivity index (χ3n) is 8.34. The van der Waals surface area contributed by atoms with Crippen molar-refractivity contribution in [2.24, 2.45) is 23.2 Å². The van der Waals surface area contributed by atoms with Crippen molar-refractivity contribution in [3.8, 4) is 11.5 Å². The van der Waals surface area contributed by atoms with E-state index in [0.29, 0.717) is 28.3 Å². The molecule has 1 aromatic carbocycles. The van der Waals surface area contributed by atoms with Gasteiger partial charge in [0.25, 0.3) is 5.91 Å². The van der Waals surface area contributed by atoms with Crippen LogP contribution in [0.3, 0.4) is 0 Å². The van der Waals surface area contributed by atoms with Crippen molar-refractivity contribution in [1.29, 1.82) is 0 Å². The summed E-state index contributed by atoms with van der Waals surface area (Å²) in [6.07, 6.45) is 11.8. The van der Waals surface area contributed by atoms with Gasteiger partial charge in [0.2, 0.25) is 0 Å². The highest BCUT2D eigenvalue weighted by molar-refractivity contribution is 6.04. The second kappa shape index (κ2) is 8.63. The number of H-pyrrole nitrogens is 1. The van der Waals surface area contributed by atoms with E-state index in [4.69, 9.17) is 0 Å². The van der Waals surface area contributed by atoms with Gasteiger partial charge in [-0.25, -0.2) is 9.78 Å². The van der Waals surface area contributed by atoms with E-state index in [1.54, 1.807) is 18.3 Å². The zero-order valence-corrected chi connectivity index (χ0v) is 19.7. The third kappa shape index (κ3) is 4.35. The smallest absolute Gasteiger partial charge is 0.335 e. The van der Waals surface area contributed by atoms with Gasteiger partial charge in [0.05, 0.1) is 5.56 Å². The number of pyridine rings is 1. The largest absolute Gasteiger partial charge is 0.478 e. The summed E-state index contributed by atoms with van der Waals surface area (Å²) in [7, 11) is 0. The van der Waals surface area contributed by atoms with Gasteiger partial charge in [-0.05, 0) is 105 Å². The molecular formula is C28H30N4O3. The number of aromatic carboxylic acids is 1. The van der Waals surface area contributed by atoms with Crippen LogP contribution < -0.4 is 5.32 Å². The average molecular weight is 471 g/mol. The fraction of sp³-hybridized carbons (Fsp3) is 0.429. The number of carboxylic acid groups (broad SMARTS) is 1. The fourth-order valence-electron chi connectivity index (χ4n) is 7.31. The Hall–Kier alpha value is -3.48. The van der Waals surface area contributed by atoms with Gasteiger partial charge in [0.15, 0.2) is 5.82 Å². The molecular weight excluding hydrogens is 440 g/mol. The zero-order chi connectivity index (χ0) is 24.0. The number of carbonyl (C=O) groups is 2. The number of aromatic amines is 1. The van der Waals surface area contributed by atoms with Crippen LogP contribution in [0.5, 0.6) is 0 Å². The molecule has 180 valence electrons. The molecule has 2 aromatic heterocycles. The Bertz CT molecular complexity index is 1230. The van der Waals surface area contributed by atoms with Crippen molar-refractivity contribution in [1.82, 2.24) is 15.0 Å². The highest BCUT2D eigenvalue weighted by Gasteiger charge is 2.50. The summed E-state index contributed by atoms with van der Waals surface area (Å²) in [5.41, 5.74) is 2.83. The van der Waals surface area contributed by atoms with Crippen molar-refractivity contribution >= 4 is 17.6 Å². The molecule has 0 aliphatic heterocycles. The molecule has 4 bridgehead atoms. The number of anilines is 1. The molecule has 0 radical (unpaired) electrons. The summed E-state index contributed by atoms with van der Waals surface area (Å²) in [6, 6.07) is 11.9. The Kier molecular flexibility index (Phi) is 5.43. The van der Waals surface area contributed by atoms with Gasteiger partial charge in [0.1, 0.15) is 11.4 Å². The minimum absolute atomic E-state index is 0.126. The molecule has 4 aliphatic carbocycles. The van der Waals surface area contributed by atoms with Gasteiger partial charge < -0.3 is 15.4 Å². The Morgan fingerprint density at radius 3 is 2.43 bits per heavy atom. The molecule has 4 aliphatic rings. The summed E-state index contributed by atoms with van der Waals surface area (Å²) in [4.78, 5) is 37.1. The highest BCUT2D eigenvalue weighted by atomic mass is 16.4. The summed E-state index contributed by atoms with van der Waals surface area (Å²) >= 11 is 0. The number of carboxylic acids is 1. The molecule has 7 heteroatoms. The molecule has 0 atom stereocenters. The number of aryl methyl sites for hydroxylation is 1. The number of hydrogen-bond donors (Lipinski definition) is 3. The SMILES string of the molecule is O=C(O)c1cccc(NC(=O)c2nc(-c3ccccn3)[nH]c2CCC23CC4CC(CC(C4)C2)C3)c1. The van der Waals surface area contributed by atoms with Crippen LogP contribution in [0, 0.1) is 23.2 Å². The first-order valence-electron chi connectivity index (χ1n) is 12.6. The standard InChI is InChI=1S/C28H30N4O3/c33-26(30-21-5-3-4-20(13-21)27(34)35)24-22(31-25(32-24)23-6-1-2-9-29-23)7-8-28-14-17-10-18(15-28)12-19(11-17)16-28/h1-6,9,13,17-19H,7-8,10-12,14-16H2,(H,30,33)(H,31,32)(H,34,35). The summed E-state index contributed by atoms with van der Waals surface area (Å²) in [6.45, 7) is 0. The lowest BCUT2D eigenvalue weighted by molar-refractivity contribution is -0.0570. The van der Waals surface area contributed by atoms with E-state index in [-0.39, 0.29) is 11.5 Å². The number of nitrogens with one attached hydrogen (secondary N) is 2. The van der Waals surface area contributed by atoms with Gasteiger partial charge in [-0.2, -0.15) is 0 Å². The van der Waals surface area contributed by atoms with Gasteiger partial charge >= 0.3 is 5.97 Å². The van der Waals surface area contributed by atoms with Crippen LogP contribution in [-0.4, -0.2) is 31.9 Å². The van der Waals surface area contributed by atoms with E-state index < -0.39 is 5.97 Å². The van der Waals surface area contributed by atoms with Gasteiger partial charge in [-0.3, -0.25) is 9.78 Å². The average Bonchev–Trinajstić information content (AvgIpc) is 3.27. The zero-order valence-electron chi connectivity index (χ0n) is 19.7.